The van der Waals surface area contributed by atoms with Gasteiger partial charge >= 0.3 is 0 Å². The first-order valence-corrected chi connectivity index (χ1v) is 42.6. The topological polar surface area (TPSA) is 319 Å². The molecule has 604 valence electrons. The van der Waals surface area contributed by atoms with Gasteiger partial charge in [-0.25, -0.2) is 59.8 Å². The largest absolute Gasteiger partial charge is 0.382 e. The number of thiophene rings is 1. The van der Waals surface area contributed by atoms with Crippen molar-refractivity contribution in [3.8, 4) is 89.4 Å². The molecule has 3 saturated carbocycles. The number of hydrogen-bond acceptors (Lipinski definition) is 18. The number of halogens is 1. The van der Waals surface area contributed by atoms with Gasteiger partial charge in [0.05, 0.1) is 54.7 Å². The van der Waals surface area contributed by atoms with Crippen LogP contribution < -0.4 is 28.7 Å². The molecule has 0 saturated heterocycles. The molecule has 123 heavy (non-hydrogen) atoms. The minimum atomic E-state index is -0.247. The van der Waals surface area contributed by atoms with E-state index in [2.05, 4.69) is 187 Å². The highest BCUT2D eigenvalue weighted by molar-refractivity contribution is 7.13. The molecule has 0 atom stereocenters. The number of nitrogens with zero attached hydrogens (tertiary/aromatic N) is 16. The normalized spacial score (nSPS) is 14.7. The molecule has 22 nitrogen and oxygen atoms in total. The number of rotatable bonds is 12. The number of amides is 1. The van der Waals surface area contributed by atoms with Gasteiger partial charge in [-0.1, -0.05) is 203 Å². The fourth-order valence-electron chi connectivity index (χ4n) is 16.9. The molecule has 0 spiro atoms. The highest BCUT2D eigenvalue weighted by Gasteiger charge is 2.38. The molecule has 23 rings (SSSR count). The molecule has 7 aromatic carbocycles. The summed E-state index contributed by atoms with van der Waals surface area (Å²) in [6, 6.07) is 73.9. The van der Waals surface area contributed by atoms with Gasteiger partial charge < -0.3 is 28.7 Å². The summed E-state index contributed by atoms with van der Waals surface area (Å²) >= 11 is 8.45. The van der Waals surface area contributed by atoms with Crippen LogP contribution in [0.25, 0.3) is 155 Å². The van der Waals surface area contributed by atoms with Crippen molar-refractivity contribution in [2.45, 2.75) is 95.3 Å². The van der Waals surface area contributed by atoms with Crippen LogP contribution in [0.2, 0.25) is 5.02 Å². The van der Waals surface area contributed by atoms with Crippen LogP contribution in [0, 0.1) is 5.92 Å². The van der Waals surface area contributed by atoms with Gasteiger partial charge in [-0.05, 0) is 105 Å². The molecule has 20 aromatic rings. The average Bonchev–Trinajstić information content (AvgIpc) is 1.62. The summed E-state index contributed by atoms with van der Waals surface area (Å²) < 4.78 is 8.25. The van der Waals surface area contributed by atoms with Crippen LogP contribution in [0.3, 0.4) is 0 Å². The first-order chi connectivity index (χ1) is 60.0. The number of nitrogen functional groups attached to an aromatic ring is 4. The maximum atomic E-state index is 11.5. The van der Waals surface area contributed by atoms with Crippen molar-refractivity contribution in [2.75, 3.05) is 22.9 Å². The van der Waals surface area contributed by atoms with Crippen molar-refractivity contribution in [3.63, 3.8) is 0 Å². The number of hydrogen-bond donors (Lipinski definition) is 5. The zero-order valence-electron chi connectivity index (χ0n) is 67.7. The molecule has 0 unspecified atom stereocenters. The van der Waals surface area contributed by atoms with Gasteiger partial charge in [-0.2, -0.15) is 0 Å². The number of carbonyl (C=O) groups excluding carboxylic acids is 1. The summed E-state index contributed by atoms with van der Waals surface area (Å²) in [4.78, 5) is 69.6. The second-order valence-electron chi connectivity index (χ2n) is 32.7. The van der Waals surface area contributed by atoms with Crippen molar-refractivity contribution in [1.29, 1.82) is 0 Å². The first-order valence-electron chi connectivity index (χ1n) is 41.3. The van der Waals surface area contributed by atoms with E-state index in [0.29, 0.717) is 53.0 Å². The van der Waals surface area contributed by atoms with E-state index in [-0.39, 0.29) is 23.2 Å². The van der Waals surface area contributed by atoms with E-state index < -0.39 is 0 Å². The summed E-state index contributed by atoms with van der Waals surface area (Å²) in [7, 11) is 0. The standard InChI is InChI=1S/C26H22N6O.C25H20ClN5.C25H23N5.C23H19N5S/c27-24-23-22(31-26(32(23)11-10-29-24)19-12-18(13-19)25(28)33)17-7-6-16-8-9-20(30-21(16)14-17)15-4-2-1-3-5-15;26-19-13-17-9-10-20(15-5-2-1-3-6-15)29-21(17)14-18(19)22-23-24(27)28-11-12-31(23)25(30-22)16-7-4-8-16;1-25(2,3)24-29-21(22-23(26)27-13-14-30(22)24)18-10-9-17-11-12-19(28-20(17)15-18)16-7-5-4-6-8-16;24-22-21-20(27-23(15-3-1-4-15)28(21)11-10-25-22)16-7-6-14-8-9-17(26-18(14)13-16)19-5-2-12-29-19/h1-11,14,18-19H,12-13H2,(H2,27,29)(H2,28,33);1-3,5-6,9-14,16H,4,7-8H2,(H2,27,28);4-15H,1-3H3,(H2,26,27);2,5-13,15H,1,3-4H2,(H2,24,25). The van der Waals surface area contributed by atoms with E-state index in [1.54, 1.807) is 36.1 Å². The van der Waals surface area contributed by atoms with E-state index >= 15 is 0 Å². The Morgan fingerprint density at radius 3 is 1.15 bits per heavy atom. The van der Waals surface area contributed by atoms with Crippen LogP contribution in [0.1, 0.15) is 113 Å². The van der Waals surface area contributed by atoms with Crippen LogP contribution in [0.5, 0.6) is 0 Å². The molecular weight excluding hydrogens is 1570 g/mol. The smallest absolute Gasteiger partial charge is 0.220 e. The first kappa shape index (κ1) is 77.0. The fourth-order valence-corrected chi connectivity index (χ4v) is 17.8. The highest BCUT2D eigenvalue weighted by Crippen LogP contribution is 2.46. The fraction of sp³-hybridized carbons (Fsp3) is 0.162. The molecule has 0 bridgehead atoms. The summed E-state index contributed by atoms with van der Waals surface area (Å²) in [5.74, 6) is 6.60. The van der Waals surface area contributed by atoms with Crippen LogP contribution >= 0.6 is 22.9 Å². The zero-order valence-corrected chi connectivity index (χ0v) is 69.3. The number of pyridine rings is 4. The number of aromatic nitrogens is 16. The van der Waals surface area contributed by atoms with Gasteiger partial charge in [0.25, 0.3) is 0 Å². The maximum Gasteiger partial charge on any atom is 0.220 e. The Bertz CT molecular complexity index is 7460. The van der Waals surface area contributed by atoms with Gasteiger partial charge in [0, 0.05) is 139 Å². The van der Waals surface area contributed by atoms with Gasteiger partial charge in [0.15, 0.2) is 0 Å². The van der Waals surface area contributed by atoms with Gasteiger partial charge in [0.2, 0.25) is 5.91 Å². The Balaban J connectivity index is 0.000000104. The Hall–Kier alpha value is -14.7. The lowest BCUT2D eigenvalue weighted by Gasteiger charge is -2.31. The molecule has 3 aliphatic carbocycles. The van der Waals surface area contributed by atoms with E-state index in [0.717, 1.165) is 186 Å². The second-order valence-corrected chi connectivity index (χ2v) is 34.1. The quantitative estimate of drug-likeness (QED) is 0.0759. The molecule has 10 N–H and O–H groups in total. The third-order valence-corrected chi connectivity index (χ3v) is 25.0. The minimum Gasteiger partial charge on any atom is -0.382 e. The molecule has 3 aliphatic rings. The number of benzene rings is 7. The Labute approximate surface area is 716 Å². The SMILES string of the molecule is CC(C)(C)c1nc(-c2ccc3ccc(-c4ccccc4)nc3c2)c2c(N)nccn12.NC(=O)C1CC(c2nc(-c3ccc4ccc(-c5ccccc5)nc4c3)c3c(N)nccn23)C1.Nc1nccn2c(C3CCC3)nc(-c3cc4nc(-c5ccccc5)ccc4cc3Cl)c12.Nc1nccn2c(C3CCC3)nc(-c3ccc4ccc(-c5cccs5)nc4c3)c12. The number of nitrogens with two attached hydrogens (primary N) is 5. The van der Waals surface area contributed by atoms with Crippen LogP contribution in [0.4, 0.5) is 23.3 Å². The average molecular weight is 1650 g/mol. The molecule has 3 fully saturated rings. The monoisotopic (exact) mass is 1650 g/mol. The minimum absolute atomic E-state index is 0.0914. The lowest BCUT2D eigenvalue weighted by atomic mass is 9.74. The summed E-state index contributed by atoms with van der Waals surface area (Å²) in [6.45, 7) is 6.45. The van der Waals surface area contributed by atoms with E-state index in [1.165, 1.54) is 30.6 Å². The number of anilines is 4. The van der Waals surface area contributed by atoms with Crippen LogP contribution in [0.15, 0.2) is 273 Å². The third kappa shape index (κ3) is 14.6. The van der Waals surface area contributed by atoms with Crippen molar-refractivity contribution in [2.24, 2.45) is 11.7 Å². The van der Waals surface area contributed by atoms with Crippen LogP contribution in [-0.4, -0.2) is 83.3 Å². The van der Waals surface area contributed by atoms with Gasteiger partial charge in [-0.15, -0.1) is 11.3 Å². The molecule has 13 heterocycles. The number of carbonyl (C=O) groups is 1. The Morgan fingerprint density at radius 1 is 0.382 bits per heavy atom. The number of imidazole rings is 4. The van der Waals surface area contributed by atoms with Crippen molar-refractivity contribution < 1.29 is 4.79 Å². The molecular formula is C99H84ClN21OS. The lowest BCUT2D eigenvalue weighted by Crippen LogP contribution is -2.34. The van der Waals surface area contributed by atoms with E-state index in [4.69, 9.17) is 80.1 Å². The molecule has 0 aliphatic heterocycles. The summed E-state index contributed by atoms with van der Waals surface area (Å²) in [5.41, 5.74) is 51.5. The van der Waals surface area contributed by atoms with Crippen molar-refractivity contribution in [1.82, 2.24) is 77.4 Å². The number of primary amides is 1. The highest BCUT2D eigenvalue weighted by atomic mass is 35.5. The van der Waals surface area contributed by atoms with Crippen molar-refractivity contribution >= 4 is 118 Å². The number of fused-ring (bicyclic) bond motifs is 8. The van der Waals surface area contributed by atoms with Gasteiger partial charge in [0.1, 0.15) is 91.4 Å². The lowest BCUT2D eigenvalue weighted by molar-refractivity contribution is -0.124. The Morgan fingerprint density at radius 2 is 0.748 bits per heavy atom. The van der Waals surface area contributed by atoms with Gasteiger partial charge in [-0.3, -0.25) is 22.4 Å². The predicted octanol–water partition coefficient (Wildman–Crippen LogP) is 21.3. The maximum absolute atomic E-state index is 11.5. The van der Waals surface area contributed by atoms with E-state index in [9.17, 15) is 4.79 Å². The molecule has 13 aromatic heterocycles. The molecule has 1 amide bonds. The second kappa shape index (κ2) is 31.8. The molecule has 24 heteroatoms. The Kier molecular flexibility index (Phi) is 19.9. The predicted molar refractivity (Wildman–Crippen MR) is 494 cm³/mol. The van der Waals surface area contributed by atoms with E-state index in [1.807, 2.05) is 120 Å². The van der Waals surface area contributed by atoms with Crippen LogP contribution in [-0.2, 0) is 10.2 Å². The van der Waals surface area contributed by atoms with Crippen molar-refractivity contribution in [3.05, 3.63) is 302 Å². The summed E-state index contributed by atoms with van der Waals surface area (Å²) in [5, 5.41) is 6.95. The molecule has 0 radical (unpaired) electrons. The summed E-state index contributed by atoms with van der Waals surface area (Å²) in [6.07, 6.45) is 23.2. The third-order valence-electron chi connectivity index (χ3n) is 23.8. The zero-order chi connectivity index (χ0) is 83.7.